The summed E-state index contributed by atoms with van der Waals surface area (Å²) in [7, 11) is 0. The van der Waals surface area contributed by atoms with E-state index in [1.807, 2.05) is 26.0 Å². The van der Waals surface area contributed by atoms with Crippen LogP contribution in [0.4, 0.5) is 5.69 Å². The second-order valence-electron chi connectivity index (χ2n) is 5.60. The van der Waals surface area contributed by atoms with E-state index in [-0.39, 0.29) is 11.8 Å². The van der Waals surface area contributed by atoms with Gasteiger partial charge in [-0.2, -0.15) is 0 Å². The second kappa shape index (κ2) is 8.63. The highest BCUT2D eigenvalue weighted by molar-refractivity contribution is 6.00. The number of benzene rings is 2. The maximum Gasteiger partial charge on any atom is 0.269 e. The fraction of sp³-hybridized carbons (Fsp3) is 0.211. The van der Waals surface area contributed by atoms with Crippen molar-refractivity contribution in [3.05, 3.63) is 65.2 Å². The van der Waals surface area contributed by atoms with E-state index in [0.717, 1.165) is 12.0 Å². The summed E-state index contributed by atoms with van der Waals surface area (Å²) in [5.74, 6) is -0.881. The number of aryl methyl sites for hydroxylation is 1. The van der Waals surface area contributed by atoms with Crippen molar-refractivity contribution in [3.63, 3.8) is 0 Å². The predicted molar refractivity (Wildman–Crippen MR) is 96.1 cm³/mol. The molecule has 0 aromatic heterocycles. The highest BCUT2D eigenvalue weighted by atomic mass is 16.2. The van der Waals surface area contributed by atoms with Crippen LogP contribution in [0.5, 0.6) is 0 Å². The summed E-state index contributed by atoms with van der Waals surface area (Å²) in [4.78, 5) is 35.7. The van der Waals surface area contributed by atoms with Crippen LogP contribution < -0.4 is 16.2 Å². The van der Waals surface area contributed by atoms with Gasteiger partial charge >= 0.3 is 0 Å². The third-order valence-corrected chi connectivity index (χ3v) is 3.59. The summed E-state index contributed by atoms with van der Waals surface area (Å²) in [5, 5.41) is 2.75. The lowest BCUT2D eigenvalue weighted by Crippen LogP contribution is -2.41. The van der Waals surface area contributed by atoms with Crippen LogP contribution in [-0.4, -0.2) is 17.7 Å². The van der Waals surface area contributed by atoms with Gasteiger partial charge in [0.2, 0.25) is 5.91 Å². The summed E-state index contributed by atoms with van der Waals surface area (Å²) in [5.41, 5.74) is 7.09. The number of anilines is 1. The molecule has 0 aliphatic carbocycles. The Kier molecular flexibility index (Phi) is 6.28. The van der Waals surface area contributed by atoms with Gasteiger partial charge in [-0.15, -0.1) is 0 Å². The molecule has 0 unspecified atom stereocenters. The van der Waals surface area contributed by atoms with Crippen LogP contribution in [0.25, 0.3) is 0 Å². The first-order valence-electron chi connectivity index (χ1n) is 8.07. The fourth-order valence-corrected chi connectivity index (χ4v) is 2.24. The van der Waals surface area contributed by atoms with Gasteiger partial charge in [0.15, 0.2) is 0 Å². The molecule has 0 radical (unpaired) electrons. The maximum atomic E-state index is 12.1. The number of carbonyl (C=O) groups excluding carboxylic acids is 3. The molecule has 6 heteroatoms. The third-order valence-electron chi connectivity index (χ3n) is 3.59. The van der Waals surface area contributed by atoms with Crippen LogP contribution in [0.3, 0.4) is 0 Å². The molecule has 0 bridgehead atoms. The molecule has 0 heterocycles. The van der Waals surface area contributed by atoms with Crippen molar-refractivity contribution in [1.82, 2.24) is 10.9 Å². The van der Waals surface area contributed by atoms with Crippen LogP contribution in [0.2, 0.25) is 0 Å². The largest absolute Gasteiger partial charge is 0.326 e. The molecule has 0 saturated carbocycles. The van der Waals surface area contributed by atoms with Gasteiger partial charge in [0.25, 0.3) is 11.8 Å². The Labute approximate surface area is 146 Å². The lowest BCUT2D eigenvalue weighted by molar-refractivity contribution is -0.116. The van der Waals surface area contributed by atoms with E-state index in [4.69, 9.17) is 0 Å². The Morgan fingerprint density at radius 1 is 0.880 bits per heavy atom. The van der Waals surface area contributed by atoms with Gasteiger partial charge in [-0.25, -0.2) is 0 Å². The topological polar surface area (TPSA) is 87.3 Å². The van der Waals surface area contributed by atoms with E-state index < -0.39 is 5.91 Å². The molecule has 25 heavy (non-hydrogen) atoms. The Bertz CT molecular complexity index is 770. The lowest BCUT2D eigenvalue weighted by Gasteiger charge is -2.10. The summed E-state index contributed by atoms with van der Waals surface area (Å²) >= 11 is 0. The molecular weight excluding hydrogens is 318 g/mol. The molecule has 0 aliphatic rings. The van der Waals surface area contributed by atoms with Crippen molar-refractivity contribution in [1.29, 1.82) is 0 Å². The summed E-state index contributed by atoms with van der Waals surface area (Å²) in [6, 6.07) is 13.6. The van der Waals surface area contributed by atoms with Crippen molar-refractivity contribution in [2.45, 2.75) is 26.7 Å². The zero-order valence-electron chi connectivity index (χ0n) is 14.3. The van der Waals surface area contributed by atoms with Gasteiger partial charge in [-0.1, -0.05) is 25.1 Å². The first kappa shape index (κ1) is 18.2. The molecule has 0 aliphatic heterocycles. The standard InChI is InChI=1S/C19H21N3O3/c1-3-6-17(23)20-15-11-9-14(10-12-15)18(24)21-22-19(25)16-8-5-4-7-13(16)2/h4-5,7-12H,3,6H2,1-2H3,(H,20,23)(H,21,24)(H,22,25). The lowest BCUT2D eigenvalue weighted by atomic mass is 10.1. The molecular formula is C19H21N3O3. The quantitative estimate of drug-likeness (QED) is 0.732. The van der Waals surface area contributed by atoms with E-state index >= 15 is 0 Å². The van der Waals surface area contributed by atoms with Crippen molar-refractivity contribution in [2.75, 3.05) is 5.32 Å². The third kappa shape index (κ3) is 5.17. The van der Waals surface area contributed by atoms with Crippen LogP contribution in [0, 0.1) is 6.92 Å². The number of carbonyl (C=O) groups is 3. The van der Waals surface area contributed by atoms with Crippen LogP contribution >= 0.6 is 0 Å². The summed E-state index contributed by atoms with van der Waals surface area (Å²) in [6.45, 7) is 3.75. The molecule has 2 rings (SSSR count). The van der Waals surface area contributed by atoms with Crippen LogP contribution in [0.1, 0.15) is 46.0 Å². The molecule has 0 atom stereocenters. The Morgan fingerprint density at radius 2 is 1.52 bits per heavy atom. The highest BCUT2D eigenvalue weighted by Gasteiger charge is 2.11. The number of rotatable bonds is 5. The first-order chi connectivity index (χ1) is 12.0. The minimum atomic E-state index is -0.437. The SMILES string of the molecule is CCCC(=O)Nc1ccc(C(=O)NNC(=O)c2ccccc2C)cc1. The maximum absolute atomic E-state index is 12.1. The zero-order valence-corrected chi connectivity index (χ0v) is 14.3. The number of hydrazine groups is 1. The zero-order chi connectivity index (χ0) is 18.2. The average Bonchev–Trinajstić information content (AvgIpc) is 2.60. The summed E-state index contributed by atoms with van der Waals surface area (Å²) < 4.78 is 0. The Morgan fingerprint density at radius 3 is 2.16 bits per heavy atom. The molecule has 2 aromatic carbocycles. The van der Waals surface area contributed by atoms with Gasteiger partial charge in [0.05, 0.1) is 0 Å². The Balaban J connectivity index is 1.91. The monoisotopic (exact) mass is 339 g/mol. The first-order valence-corrected chi connectivity index (χ1v) is 8.07. The molecule has 0 fully saturated rings. The van der Waals surface area contributed by atoms with Gasteiger partial charge in [0.1, 0.15) is 0 Å². The smallest absolute Gasteiger partial charge is 0.269 e. The average molecular weight is 339 g/mol. The summed E-state index contributed by atoms with van der Waals surface area (Å²) in [6.07, 6.45) is 1.22. The van der Waals surface area contributed by atoms with Crippen molar-refractivity contribution in [3.8, 4) is 0 Å². The van der Waals surface area contributed by atoms with Crippen molar-refractivity contribution in [2.24, 2.45) is 0 Å². The van der Waals surface area contributed by atoms with E-state index in [1.54, 1.807) is 36.4 Å². The highest BCUT2D eigenvalue weighted by Crippen LogP contribution is 2.10. The molecule has 6 nitrogen and oxygen atoms in total. The van der Waals surface area contributed by atoms with Crippen LogP contribution in [-0.2, 0) is 4.79 Å². The molecule has 3 amide bonds. The second-order valence-corrected chi connectivity index (χ2v) is 5.60. The Hall–Kier alpha value is -3.15. The molecule has 0 saturated heterocycles. The van der Waals surface area contributed by atoms with Crippen molar-refractivity contribution >= 4 is 23.4 Å². The van der Waals surface area contributed by atoms with Gasteiger partial charge in [0, 0.05) is 23.2 Å². The number of hydrogen-bond donors (Lipinski definition) is 3. The minimum absolute atomic E-state index is 0.0646. The number of amides is 3. The number of hydrogen-bond acceptors (Lipinski definition) is 3. The number of nitrogens with one attached hydrogen (secondary N) is 3. The van der Waals surface area contributed by atoms with Crippen molar-refractivity contribution < 1.29 is 14.4 Å². The minimum Gasteiger partial charge on any atom is -0.326 e. The molecule has 2 aromatic rings. The molecule has 0 spiro atoms. The van der Waals surface area contributed by atoms with E-state index in [1.165, 1.54) is 0 Å². The van der Waals surface area contributed by atoms with E-state index in [0.29, 0.717) is 23.2 Å². The molecule has 130 valence electrons. The van der Waals surface area contributed by atoms with Gasteiger partial charge in [-0.05, 0) is 49.2 Å². The van der Waals surface area contributed by atoms with Gasteiger partial charge in [-0.3, -0.25) is 25.2 Å². The van der Waals surface area contributed by atoms with Crippen LogP contribution in [0.15, 0.2) is 48.5 Å². The predicted octanol–water partition coefficient (Wildman–Crippen LogP) is 2.81. The van der Waals surface area contributed by atoms with E-state index in [9.17, 15) is 14.4 Å². The van der Waals surface area contributed by atoms with Gasteiger partial charge < -0.3 is 5.32 Å². The fourth-order valence-electron chi connectivity index (χ4n) is 2.24. The molecule has 3 N–H and O–H groups in total. The van der Waals surface area contributed by atoms with E-state index in [2.05, 4.69) is 16.2 Å². The normalized spacial score (nSPS) is 10.0.